The molecule has 1 aromatic carbocycles. The van der Waals surface area contributed by atoms with Gasteiger partial charge in [0.1, 0.15) is 5.75 Å². The fourth-order valence-corrected chi connectivity index (χ4v) is 2.11. The molecule has 0 aliphatic heterocycles. The minimum atomic E-state index is -0.763. The molecule has 20 heavy (non-hydrogen) atoms. The highest BCUT2D eigenvalue weighted by Gasteiger charge is 2.14. The van der Waals surface area contributed by atoms with E-state index in [1.807, 2.05) is 0 Å². The lowest BCUT2D eigenvalue weighted by Crippen LogP contribution is -2.18. The first kappa shape index (κ1) is 14.9. The highest BCUT2D eigenvalue weighted by atomic mass is 79.9. The Bertz CT molecular complexity index is 597. The zero-order valence-electron chi connectivity index (χ0n) is 10.7. The van der Waals surface area contributed by atoms with Gasteiger partial charge in [0.2, 0.25) is 0 Å². The van der Waals surface area contributed by atoms with E-state index in [-0.39, 0.29) is 11.8 Å². The second kappa shape index (κ2) is 6.28. The number of hydrogen-bond acceptors (Lipinski definition) is 3. The number of ether oxygens (including phenoxy) is 1. The summed E-state index contributed by atoms with van der Waals surface area (Å²) in [5.74, 6) is -1.73. The fourth-order valence-electron chi connectivity index (χ4n) is 1.77. The second-order valence-electron chi connectivity index (χ2n) is 4.51. The van der Waals surface area contributed by atoms with Crippen LogP contribution < -0.4 is 10.5 Å². The number of nitrogens with two attached hydrogens (primary N) is 1. The maximum Gasteiger partial charge on any atom is 0.198 e. The maximum atomic E-state index is 13.9. The molecule has 1 heterocycles. The zero-order valence-corrected chi connectivity index (χ0v) is 12.3. The van der Waals surface area contributed by atoms with Crippen LogP contribution in [0, 0.1) is 11.6 Å². The predicted molar refractivity (Wildman–Crippen MR) is 75.7 cm³/mol. The standard InChI is InChI=1S/C14H13BrF2N2O/c1-8(18)2-9-3-12(16)14(13(17)4-9)20-11-5-10(15)6-19-7-11/h3-8H,2,18H2,1H3. The van der Waals surface area contributed by atoms with Gasteiger partial charge in [0.05, 0.1) is 6.20 Å². The van der Waals surface area contributed by atoms with Gasteiger partial charge < -0.3 is 10.5 Å². The molecule has 2 rings (SSSR count). The van der Waals surface area contributed by atoms with Crippen LogP contribution in [0.3, 0.4) is 0 Å². The lowest BCUT2D eigenvalue weighted by Gasteiger charge is -2.11. The SMILES string of the molecule is CC(N)Cc1cc(F)c(Oc2cncc(Br)c2)c(F)c1. The van der Waals surface area contributed by atoms with Gasteiger partial charge in [0.25, 0.3) is 0 Å². The fraction of sp³-hybridized carbons (Fsp3) is 0.214. The Morgan fingerprint density at radius 2 is 1.90 bits per heavy atom. The Kier molecular flexibility index (Phi) is 4.67. The molecule has 6 heteroatoms. The number of benzene rings is 1. The smallest absolute Gasteiger partial charge is 0.198 e. The summed E-state index contributed by atoms with van der Waals surface area (Å²) in [4.78, 5) is 3.86. The van der Waals surface area contributed by atoms with Crippen LogP contribution in [0.25, 0.3) is 0 Å². The van der Waals surface area contributed by atoms with E-state index in [9.17, 15) is 8.78 Å². The topological polar surface area (TPSA) is 48.1 Å². The molecule has 0 bridgehead atoms. The first-order valence-electron chi connectivity index (χ1n) is 5.97. The Balaban J connectivity index is 2.28. The largest absolute Gasteiger partial charge is 0.450 e. The van der Waals surface area contributed by atoms with Crippen molar-refractivity contribution in [1.82, 2.24) is 4.98 Å². The summed E-state index contributed by atoms with van der Waals surface area (Å²) in [7, 11) is 0. The number of pyridine rings is 1. The molecule has 0 amide bonds. The number of rotatable bonds is 4. The van der Waals surface area contributed by atoms with Gasteiger partial charge in [-0.3, -0.25) is 4.98 Å². The highest BCUT2D eigenvalue weighted by molar-refractivity contribution is 9.10. The monoisotopic (exact) mass is 342 g/mol. The van der Waals surface area contributed by atoms with Crippen molar-refractivity contribution in [1.29, 1.82) is 0 Å². The van der Waals surface area contributed by atoms with Crippen molar-refractivity contribution in [3.05, 3.63) is 52.3 Å². The minimum Gasteiger partial charge on any atom is -0.450 e. The molecule has 0 spiro atoms. The molecule has 3 nitrogen and oxygen atoms in total. The van der Waals surface area contributed by atoms with Gasteiger partial charge in [-0.15, -0.1) is 0 Å². The highest BCUT2D eigenvalue weighted by Crippen LogP contribution is 2.29. The van der Waals surface area contributed by atoms with Gasteiger partial charge >= 0.3 is 0 Å². The zero-order chi connectivity index (χ0) is 14.7. The minimum absolute atomic E-state index is 0.171. The molecular weight excluding hydrogens is 330 g/mol. The average molecular weight is 343 g/mol. The van der Waals surface area contributed by atoms with Gasteiger partial charge in [-0.2, -0.15) is 0 Å². The van der Waals surface area contributed by atoms with Gasteiger partial charge in [0.15, 0.2) is 17.4 Å². The summed E-state index contributed by atoms with van der Waals surface area (Å²) in [6.45, 7) is 1.77. The van der Waals surface area contributed by atoms with Crippen molar-refractivity contribution < 1.29 is 13.5 Å². The molecule has 0 aliphatic carbocycles. The Labute approximate surface area is 123 Å². The molecule has 1 atom stereocenters. The summed E-state index contributed by atoms with van der Waals surface area (Å²) in [6, 6.07) is 3.86. The van der Waals surface area contributed by atoms with E-state index >= 15 is 0 Å². The third-order valence-electron chi connectivity index (χ3n) is 2.52. The van der Waals surface area contributed by atoms with Crippen LogP contribution in [-0.2, 0) is 6.42 Å². The molecule has 106 valence electrons. The first-order chi connectivity index (χ1) is 9.45. The van der Waals surface area contributed by atoms with Gasteiger partial charge in [-0.25, -0.2) is 8.78 Å². The van der Waals surface area contributed by atoms with Crippen molar-refractivity contribution in [2.45, 2.75) is 19.4 Å². The molecular formula is C14H13BrF2N2O. The number of nitrogens with zero attached hydrogens (tertiary/aromatic N) is 1. The molecule has 2 aromatic rings. The van der Waals surface area contributed by atoms with Gasteiger partial charge in [0, 0.05) is 16.7 Å². The van der Waals surface area contributed by atoms with Crippen molar-refractivity contribution in [2.75, 3.05) is 0 Å². The maximum absolute atomic E-state index is 13.9. The lowest BCUT2D eigenvalue weighted by atomic mass is 10.1. The first-order valence-corrected chi connectivity index (χ1v) is 6.77. The number of aromatic nitrogens is 1. The van der Waals surface area contributed by atoms with Crippen molar-refractivity contribution >= 4 is 15.9 Å². The number of hydrogen-bond donors (Lipinski definition) is 1. The third kappa shape index (κ3) is 3.74. The summed E-state index contributed by atoms with van der Waals surface area (Å²) >= 11 is 3.21. The van der Waals surface area contributed by atoms with Crippen LogP contribution in [0.5, 0.6) is 11.5 Å². The van der Waals surface area contributed by atoms with Crippen molar-refractivity contribution in [3.8, 4) is 11.5 Å². The summed E-state index contributed by atoms with van der Waals surface area (Å²) < 4.78 is 33.7. The number of halogens is 3. The summed E-state index contributed by atoms with van der Waals surface area (Å²) in [5, 5.41) is 0. The van der Waals surface area contributed by atoms with Crippen molar-refractivity contribution in [3.63, 3.8) is 0 Å². The van der Waals surface area contributed by atoms with Crippen molar-refractivity contribution in [2.24, 2.45) is 5.73 Å². The second-order valence-corrected chi connectivity index (χ2v) is 5.43. The molecule has 0 radical (unpaired) electrons. The Morgan fingerprint density at radius 1 is 1.25 bits per heavy atom. The summed E-state index contributed by atoms with van der Waals surface area (Å²) in [6.07, 6.45) is 3.32. The lowest BCUT2D eigenvalue weighted by molar-refractivity contribution is 0.404. The van der Waals surface area contributed by atoms with Crippen LogP contribution in [0.1, 0.15) is 12.5 Å². The van der Waals surface area contributed by atoms with Gasteiger partial charge in [-0.05, 0) is 53.0 Å². The molecule has 1 aromatic heterocycles. The average Bonchev–Trinajstić information content (AvgIpc) is 2.33. The molecule has 0 saturated heterocycles. The van der Waals surface area contributed by atoms with E-state index in [0.29, 0.717) is 16.5 Å². The predicted octanol–water partition coefficient (Wildman–Crippen LogP) is 3.80. The van der Waals surface area contributed by atoms with E-state index in [1.165, 1.54) is 18.3 Å². The summed E-state index contributed by atoms with van der Waals surface area (Å²) in [5.41, 5.74) is 6.11. The third-order valence-corrected chi connectivity index (χ3v) is 2.95. The molecule has 2 N–H and O–H groups in total. The molecule has 0 saturated carbocycles. The van der Waals surface area contributed by atoms with E-state index in [2.05, 4.69) is 20.9 Å². The van der Waals surface area contributed by atoms with Crippen LogP contribution in [-0.4, -0.2) is 11.0 Å². The van der Waals surface area contributed by atoms with Crippen LogP contribution in [0.15, 0.2) is 35.1 Å². The normalized spacial score (nSPS) is 12.2. The van der Waals surface area contributed by atoms with Gasteiger partial charge in [-0.1, -0.05) is 0 Å². The van der Waals surface area contributed by atoms with E-state index in [1.54, 1.807) is 19.2 Å². The molecule has 0 fully saturated rings. The Morgan fingerprint density at radius 3 is 2.45 bits per heavy atom. The quantitative estimate of drug-likeness (QED) is 0.919. The Hall–Kier alpha value is -1.53. The molecule has 0 aliphatic rings. The van der Waals surface area contributed by atoms with Crippen LogP contribution >= 0.6 is 15.9 Å². The van der Waals surface area contributed by atoms with Crippen LogP contribution in [0.2, 0.25) is 0 Å². The van der Waals surface area contributed by atoms with E-state index in [4.69, 9.17) is 10.5 Å². The molecule has 1 unspecified atom stereocenters. The van der Waals surface area contributed by atoms with Crippen LogP contribution in [0.4, 0.5) is 8.78 Å². The van der Waals surface area contributed by atoms with E-state index in [0.717, 1.165) is 0 Å². The van der Waals surface area contributed by atoms with E-state index < -0.39 is 17.4 Å².